The Hall–Kier alpha value is -1.96. The fraction of sp³-hybridized carbons (Fsp3) is 0.478. The van der Waals surface area contributed by atoms with Crippen molar-refractivity contribution < 1.29 is 10.2 Å². The predicted octanol–water partition coefficient (Wildman–Crippen LogP) is 6.68. The van der Waals surface area contributed by atoms with Crippen LogP contribution < -0.4 is 0 Å². The van der Waals surface area contributed by atoms with E-state index in [1.54, 1.807) is 6.92 Å². The summed E-state index contributed by atoms with van der Waals surface area (Å²) in [6.07, 6.45) is 11.7. The van der Waals surface area contributed by atoms with E-state index in [0.29, 0.717) is 12.0 Å². The van der Waals surface area contributed by atoms with Crippen LogP contribution in [0.25, 0.3) is 0 Å². The molecule has 0 fully saturated rings. The van der Waals surface area contributed by atoms with Crippen LogP contribution in [0.15, 0.2) is 41.0 Å². The zero-order valence-corrected chi connectivity index (χ0v) is 16.7. The summed E-state index contributed by atoms with van der Waals surface area (Å²) in [5, 5.41) is 20.1. The highest BCUT2D eigenvalue weighted by atomic mass is 16.3. The molecule has 1 aromatic rings. The summed E-state index contributed by atoms with van der Waals surface area (Å²) in [4.78, 5) is 0. The van der Waals surface area contributed by atoms with Gasteiger partial charge in [-0.1, -0.05) is 41.0 Å². The van der Waals surface area contributed by atoms with Crippen molar-refractivity contribution in [3.8, 4) is 11.5 Å². The van der Waals surface area contributed by atoms with E-state index in [1.807, 2.05) is 13.0 Å². The third-order valence-electron chi connectivity index (χ3n) is 4.57. The summed E-state index contributed by atoms with van der Waals surface area (Å²) < 4.78 is 0. The summed E-state index contributed by atoms with van der Waals surface area (Å²) in [5.41, 5.74) is 6.69. The Kier molecular flexibility index (Phi) is 8.54. The van der Waals surface area contributed by atoms with Crippen molar-refractivity contribution in [2.24, 2.45) is 0 Å². The van der Waals surface area contributed by atoms with Crippen molar-refractivity contribution >= 4 is 0 Å². The minimum Gasteiger partial charge on any atom is -0.504 e. The molecule has 0 spiro atoms. The quantitative estimate of drug-likeness (QED) is 0.409. The number of rotatable bonds is 8. The molecule has 0 saturated carbocycles. The molecule has 1 rings (SSSR count). The molecule has 0 aliphatic carbocycles. The zero-order chi connectivity index (χ0) is 19.0. The molecule has 0 aromatic heterocycles. The SMILES string of the molecule is CC(C)=CCCC(C)=CCCC(C)=CCc1c(C)cc(C)c(O)c1O. The van der Waals surface area contributed by atoms with Crippen molar-refractivity contribution in [2.75, 3.05) is 0 Å². The number of aromatic hydroxyl groups is 2. The smallest absolute Gasteiger partial charge is 0.161 e. The van der Waals surface area contributed by atoms with Gasteiger partial charge in [-0.05, 0) is 84.8 Å². The first-order chi connectivity index (χ1) is 11.7. The van der Waals surface area contributed by atoms with Gasteiger partial charge in [0.05, 0.1) is 0 Å². The van der Waals surface area contributed by atoms with Crippen molar-refractivity contribution in [1.29, 1.82) is 0 Å². The molecule has 0 aliphatic rings. The average molecular weight is 343 g/mol. The minimum absolute atomic E-state index is 0.00146. The summed E-state index contributed by atoms with van der Waals surface area (Å²) in [6, 6.07) is 1.92. The van der Waals surface area contributed by atoms with Crippen LogP contribution in [0.3, 0.4) is 0 Å². The Balaban J connectivity index is 2.58. The van der Waals surface area contributed by atoms with Gasteiger partial charge in [-0.3, -0.25) is 0 Å². The minimum atomic E-state index is 0.00146. The van der Waals surface area contributed by atoms with Crippen LogP contribution in [0.4, 0.5) is 0 Å². The van der Waals surface area contributed by atoms with Crippen LogP contribution in [0.2, 0.25) is 0 Å². The van der Waals surface area contributed by atoms with Gasteiger partial charge in [-0.25, -0.2) is 0 Å². The van der Waals surface area contributed by atoms with Gasteiger partial charge in [-0.15, -0.1) is 0 Å². The van der Waals surface area contributed by atoms with Gasteiger partial charge >= 0.3 is 0 Å². The summed E-state index contributed by atoms with van der Waals surface area (Å²) in [6.45, 7) is 12.4. The number of phenolic OH excluding ortho intramolecular Hbond substituents is 2. The fourth-order valence-electron chi connectivity index (χ4n) is 2.87. The fourth-order valence-corrected chi connectivity index (χ4v) is 2.87. The molecule has 0 unspecified atom stereocenters. The molecule has 138 valence electrons. The molecule has 2 nitrogen and oxygen atoms in total. The van der Waals surface area contributed by atoms with Crippen molar-refractivity contribution in [3.63, 3.8) is 0 Å². The standard InChI is InChI=1S/C23H34O2/c1-16(2)9-7-10-17(3)11-8-12-18(4)13-14-21-19(5)15-20(6)22(24)23(21)25/h9,11,13,15,24-25H,7-8,10,12,14H2,1-6H3. The molecule has 0 atom stereocenters. The Morgan fingerprint density at radius 2 is 1.36 bits per heavy atom. The Morgan fingerprint density at radius 3 is 1.96 bits per heavy atom. The van der Waals surface area contributed by atoms with Gasteiger partial charge < -0.3 is 10.2 Å². The van der Waals surface area contributed by atoms with E-state index >= 15 is 0 Å². The Morgan fingerprint density at radius 1 is 0.800 bits per heavy atom. The average Bonchev–Trinajstić information content (AvgIpc) is 2.52. The van der Waals surface area contributed by atoms with Crippen LogP contribution in [-0.2, 0) is 6.42 Å². The second-order valence-electron chi connectivity index (χ2n) is 7.35. The summed E-state index contributed by atoms with van der Waals surface area (Å²) in [5.74, 6) is 0.0261. The maximum absolute atomic E-state index is 10.1. The van der Waals surface area contributed by atoms with Crippen molar-refractivity contribution in [1.82, 2.24) is 0 Å². The molecule has 0 aliphatic heterocycles. The highest BCUT2D eigenvalue weighted by molar-refractivity contribution is 5.53. The second kappa shape index (κ2) is 10.1. The lowest BCUT2D eigenvalue weighted by Crippen LogP contribution is -1.92. The maximum atomic E-state index is 10.1. The zero-order valence-electron chi connectivity index (χ0n) is 16.7. The number of aryl methyl sites for hydroxylation is 2. The molecular weight excluding hydrogens is 308 g/mol. The second-order valence-corrected chi connectivity index (χ2v) is 7.35. The van der Waals surface area contributed by atoms with E-state index in [1.165, 1.54) is 16.7 Å². The molecule has 0 bridgehead atoms. The van der Waals surface area contributed by atoms with E-state index in [2.05, 4.69) is 45.9 Å². The Labute approximate surface area is 153 Å². The molecule has 0 heterocycles. The first-order valence-corrected chi connectivity index (χ1v) is 9.18. The lowest BCUT2D eigenvalue weighted by Gasteiger charge is -2.11. The van der Waals surface area contributed by atoms with E-state index in [-0.39, 0.29) is 11.5 Å². The topological polar surface area (TPSA) is 40.5 Å². The molecule has 1 aromatic carbocycles. The van der Waals surface area contributed by atoms with E-state index in [4.69, 9.17) is 0 Å². The molecule has 2 heteroatoms. The van der Waals surface area contributed by atoms with Crippen molar-refractivity contribution in [2.45, 2.75) is 73.6 Å². The number of hydrogen-bond donors (Lipinski definition) is 2. The van der Waals surface area contributed by atoms with Crippen LogP contribution in [0.1, 0.15) is 70.1 Å². The van der Waals surface area contributed by atoms with Gasteiger partial charge in [0.15, 0.2) is 11.5 Å². The number of benzene rings is 1. The number of phenols is 2. The normalized spacial score (nSPS) is 12.4. The predicted molar refractivity (Wildman–Crippen MR) is 108 cm³/mol. The first kappa shape index (κ1) is 21.1. The van der Waals surface area contributed by atoms with Gasteiger partial charge in [0.1, 0.15) is 0 Å². The number of allylic oxidation sites excluding steroid dienone is 6. The molecule has 25 heavy (non-hydrogen) atoms. The highest BCUT2D eigenvalue weighted by Crippen LogP contribution is 2.35. The molecule has 0 amide bonds. The third-order valence-corrected chi connectivity index (χ3v) is 4.57. The lowest BCUT2D eigenvalue weighted by molar-refractivity contribution is 0.397. The van der Waals surface area contributed by atoms with Crippen LogP contribution in [0, 0.1) is 13.8 Å². The monoisotopic (exact) mass is 342 g/mol. The number of hydrogen-bond acceptors (Lipinski definition) is 2. The highest BCUT2D eigenvalue weighted by Gasteiger charge is 2.11. The Bertz CT molecular complexity index is 672. The first-order valence-electron chi connectivity index (χ1n) is 9.18. The van der Waals surface area contributed by atoms with Gasteiger partial charge in [0.25, 0.3) is 0 Å². The molecule has 0 radical (unpaired) electrons. The summed E-state index contributed by atoms with van der Waals surface area (Å²) in [7, 11) is 0. The van der Waals surface area contributed by atoms with Crippen LogP contribution in [-0.4, -0.2) is 10.2 Å². The van der Waals surface area contributed by atoms with Gasteiger partial charge in [-0.2, -0.15) is 0 Å². The van der Waals surface area contributed by atoms with Crippen LogP contribution >= 0.6 is 0 Å². The van der Waals surface area contributed by atoms with Crippen molar-refractivity contribution in [3.05, 3.63) is 57.7 Å². The van der Waals surface area contributed by atoms with Gasteiger partial charge in [0, 0.05) is 5.56 Å². The van der Waals surface area contributed by atoms with Crippen LogP contribution in [0.5, 0.6) is 11.5 Å². The molecule has 0 saturated heterocycles. The van der Waals surface area contributed by atoms with E-state index in [9.17, 15) is 10.2 Å². The molecule has 2 N–H and O–H groups in total. The molecular formula is C23H34O2. The van der Waals surface area contributed by atoms with Gasteiger partial charge in [0.2, 0.25) is 0 Å². The third kappa shape index (κ3) is 7.21. The lowest BCUT2D eigenvalue weighted by atomic mass is 9.98. The maximum Gasteiger partial charge on any atom is 0.161 e. The van der Waals surface area contributed by atoms with E-state index < -0.39 is 0 Å². The van der Waals surface area contributed by atoms with E-state index in [0.717, 1.165) is 36.8 Å². The largest absolute Gasteiger partial charge is 0.504 e. The summed E-state index contributed by atoms with van der Waals surface area (Å²) >= 11 is 0.